The first-order chi connectivity index (χ1) is 9.56. The molecule has 110 valence electrons. The van der Waals surface area contributed by atoms with Crippen LogP contribution in [0.3, 0.4) is 0 Å². The van der Waals surface area contributed by atoms with Crippen molar-refractivity contribution in [2.24, 2.45) is 0 Å². The zero-order chi connectivity index (χ0) is 14.5. The predicted octanol–water partition coefficient (Wildman–Crippen LogP) is 1.62. The number of aryl methyl sites for hydroxylation is 2. The van der Waals surface area contributed by atoms with E-state index in [2.05, 4.69) is 15.3 Å². The molecule has 1 aliphatic heterocycles. The minimum atomic E-state index is 0.138. The third-order valence-electron chi connectivity index (χ3n) is 3.64. The summed E-state index contributed by atoms with van der Waals surface area (Å²) < 4.78 is 0. The summed E-state index contributed by atoms with van der Waals surface area (Å²) in [6.07, 6.45) is 4.73. The van der Waals surface area contributed by atoms with Crippen molar-refractivity contribution >= 4 is 5.91 Å². The number of carbonyl (C=O) groups excluding carboxylic acids is 1. The molecule has 1 fully saturated rings. The van der Waals surface area contributed by atoms with Crippen molar-refractivity contribution < 1.29 is 4.79 Å². The Kier molecular flexibility index (Phi) is 5.06. The molecule has 20 heavy (non-hydrogen) atoms. The number of rotatable bonds is 4. The summed E-state index contributed by atoms with van der Waals surface area (Å²) in [5, 5.41) is 3.47. The molecule has 1 atom stereocenters. The lowest BCUT2D eigenvalue weighted by Crippen LogP contribution is -2.29. The van der Waals surface area contributed by atoms with Crippen LogP contribution in [0.25, 0.3) is 0 Å². The number of hydrogen-bond donors (Lipinski definition) is 1. The Morgan fingerprint density at radius 1 is 1.40 bits per heavy atom. The van der Waals surface area contributed by atoms with E-state index in [-0.39, 0.29) is 11.9 Å². The first-order valence-corrected chi connectivity index (χ1v) is 7.34. The standard InChI is InChI=1S/C15H24N4O/c1-11-10-12(7-8-14(20)19(2)3)18-15(17-11)13-6-4-5-9-16-13/h10,13,16H,4-9H2,1-3H3/t13-/m0/s1. The molecule has 1 amide bonds. The van der Waals surface area contributed by atoms with Crippen molar-refractivity contribution in [1.29, 1.82) is 0 Å². The molecule has 1 saturated heterocycles. The largest absolute Gasteiger partial charge is 0.349 e. The van der Waals surface area contributed by atoms with Crippen LogP contribution >= 0.6 is 0 Å². The van der Waals surface area contributed by atoms with Crippen molar-refractivity contribution in [3.63, 3.8) is 0 Å². The first kappa shape index (κ1) is 14.9. The Morgan fingerprint density at radius 2 is 2.20 bits per heavy atom. The van der Waals surface area contributed by atoms with Gasteiger partial charge in [-0.1, -0.05) is 6.42 Å². The van der Waals surface area contributed by atoms with E-state index in [0.29, 0.717) is 12.8 Å². The summed E-state index contributed by atoms with van der Waals surface area (Å²) in [5.41, 5.74) is 1.95. The van der Waals surface area contributed by atoms with Crippen LogP contribution in [0.5, 0.6) is 0 Å². The minimum absolute atomic E-state index is 0.138. The summed E-state index contributed by atoms with van der Waals surface area (Å²) in [7, 11) is 3.57. The number of nitrogens with zero attached hydrogens (tertiary/aromatic N) is 3. The molecule has 0 radical (unpaired) electrons. The number of aromatic nitrogens is 2. The number of nitrogens with one attached hydrogen (secondary N) is 1. The Labute approximate surface area is 120 Å². The molecule has 0 spiro atoms. The quantitative estimate of drug-likeness (QED) is 0.908. The van der Waals surface area contributed by atoms with E-state index < -0.39 is 0 Å². The normalized spacial score (nSPS) is 18.9. The first-order valence-electron chi connectivity index (χ1n) is 7.34. The van der Waals surface area contributed by atoms with Crippen LogP contribution in [0, 0.1) is 6.92 Å². The molecular formula is C15H24N4O. The molecule has 0 aliphatic carbocycles. The van der Waals surface area contributed by atoms with Crippen molar-refractivity contribution in [1.82, 2.24) is 20.2 Å². The molecule has 5 heteroatoms. The maximum atomic E-state index is 11.7. The smallest absolute Gasteiger partial charge is 0.222 e. The molecule has 2 heterocycles. The van der Waals surface area contributed by atoms with Gasteiger partial charge in [-0.25, -0.2) is 9.97 Å². The Bertz CT molecular complexity index is 467. The maximum absolute atomic E-state index is 11.7. The molecule has 0 unspecified atom stereocenters. The van der Waals surface area contributed by atoms with Gasteiger partial charge in [-0.15, -0.1) is 0 Å². The highest BCUT2D eigenvalue weighted by atomic mass is 16.2. The number of amides is 1. The van der Waals surface area contributed by atoms with Gasteiger partial charge in [-0.3, -0.25) is 4.79 Å². The van der Waals surface area contributed by atoms with Gasteiger partial charge < -0.3 is 10.2 Å². The van der Waals surface area contributed by atoms with Gasteiger partial charge in [0.25, 0.3) is 0 Å². The molecule has 2 rings (SSSR count). The van der Waals surface area contributed by atoms with Crippen LogP contribution in [-0.2, 0) is 11.2 Å². The van der Waals surface area contributed by atoms with Crippen molar-refractivity contribution in [2.45, 2.75) is 45.1 Å². The van der Waals surface area contributed by atoms with E-state index >= 15 is 0 Å². The molecule has 0 aromatic carbocycles. The molecule has 1 N–H and O–H groups in total. The van der Waals surface area contributed by atoms with E-state index in [1.807, 2.05) is 13.0 Å². The van der Waals surface area contributed by atoms with Gasteiger partial charge in [0.15, 0.2) is 0 Å². The lowest BCUT2D eigenvalue weighted by atomic mass is 10.0. The monoisotopic (exact) mass is 276 g/mol. The molecule has 0 bridgehead atoms. The van der Waals surface area contributed by atoms with E-state index in [4.69, 9.17) is 0 Å². The lowest BCUT2D eigenvalue weighted by molar-refractivity contribution is -0.128. The molecule has 1 aromatic rings. The zero-order valence-electron chi connectivity index (χ0n) is 12.6. The second-order valence-corrected chi connectivity index (χ2v) is 5.65. The molecule has 1 aromatic heterocycles. The fourth-order valence-electron chi connectivity index (χ4n) is 2.47. The number of carbonyl (C=O) groups is 1. The van der Waals surface area contributed by atoms with Gasteiger partial charge >= 0.3 is 0 Å². The minimum Gasteiger partial charge on any atom is -0.349 e. The topological polar surface area (TPSA) is 58.1 Å². The summed E-state index contributed by atoms with van der Waals surface area (Å²) in [4.78, 5) is 22.5. The highest BCUT2D eigenvalue weighted by Gasteiger charge is 2.18. The molecule has 1 aliphatic rings. The summed E-state index contributed by atoms with van der Waals surface area (Å²) in [6.45, 7) is 3.03. The third-order valence-corrected chi connectivity index (χ3v) is 3.64. The van der Waals surface area contributed by atoms with Crippen molar-refractivity contribution in [3.8, 4) is 0 Å². The fraction of sp³-hybridized carbons (Fsp3) is 0.667. The average molecular weight is 276 g/mol. The second kappa shape index (κ2) is 6.79. The zero-order valence-corrected chi connectivity index (χ0v) is 12.6. The van der Waals surface area contributed by atoms with E-state index in [0.717, 1.165) is 30.2 Å². The molecular weight excluding hydrogens is 252 g/mol. The van der Waals surface area contributed by atoms with Crippen molar-refractivity contribution in [3.05, 3.63) is 23.3 Å². The number of hydrogen-bond acceptors (Lipinski definition) is 4. The number of piperidine rings is 1. The molecule has 0 saturated carbocycles. The second-order valence-electron chi connectivity index (χ2n) is 5.65. The average Bonchev–Trinajstić information content (AvgIpc) is 2.45. The van der Waals surface area contributed by atoms with Gasteiger partial charge in [0.2, 0.25) is 5.91 Å². The van der Waals surface area contributed by atoms with Crippen molar-refractivity contribution in [2.75, 3.05) is 20.6 Å². The third kappa shape index (κ3) is 4.00. The maximum Gasteiger partial charge on any atom is 0.222 e. The molecule has 5 nitrogen and oxygen atoms in total. The van der Waals surface area contributed by atoms with Gasteiger partial charge in [0.05, 0.1) is 6.04 Å². The lowest BCUT2D eigenvalue weighted by Gasteiger charge is -2.22. The van der Waals surface area contributed by atoms with Gasteiger partial charge in [0.1, 0.15) is 5.82 Å². The Morgan fingerprint density at radius 3 is 2.85 bits per heavy atom. The van der Waals surface area contributed by atoms with E-state index in [1.165, 1.54) is 12.8 Å². The predicted molar refractivity (Wildman–Crippen MR) is 78.4 cm³/mol. The Hall–Kier alpha value is -1.49. The van der Waals surface area contributed by atoms with E-state index in [9.17, 15) is 4.79 Å². The van der Waals surface area contributed by atoms with Crippen LogP contribution in [0.1, 0.15) is 48.9 Å². The summed E-state index contributed by atoms with van der Waals surface area (Å²) >= 11 is 0. The van der Waals surface area contributed by atoms with Gasteiger partial charge in [-0.05, 0) is 38.8 Å². The fourth-order valence-corrected chi connectivity index (χ4v) is 2.47. The SMILES string of the molecule is Cc1cc(CCC(=O)N(C)C)nc([C@@H]2CCCCN2)n1. The van der Waals surface area contributed by atoms with E-state index in [1.54, 1.807) is 19.0 Å². The van der Waals surface area contributed by atoms with Crippen LogP contribution in [-0.4, -0.2) is 41.4 Å². The van der Waals surface area contributed by atoms with Crippen LogP contribution < -0.4 is 5.32 Å². The van der Waals surface area contributed by atoms with Gasteiger partial charge in [-0.2, -0.15) is 0 Å². The van der Waals surface area contributed by atoms with Crippen LogP contribution in [0.2, 0.25) is 0 Å². The van der Waals surface area contributed by atoms with Crippen LogP contribution in [0.15, 0.2) is 6.07 Å². The summed E-state index contributed by atoms with van der Waals surface area (Å²) in [6, 6.07) is 2.25. The summed E-state index contributed by atoms with van der Waals surface area (Å²) in [5.74, 6) is 1.02. The highest BCUT2D eigenvalue weighted by Crippen LogP contribution is 2.20. The van der Waals surface area contributed by atoms with Crippen LogP contribution in [0.4, 0.5) is 0 Å². The highest BCUT2D eigenvalue weighted by molar-refractivity contribution is 5.75. The van der Waals surface area contributed by atoms with Gasteiger partial charge in [0, 0.05) is 31.9 Å². The Balaban J connectivity index is 2.06.